The van der Waals surface area contributed by atoms with Gasteiger partial charge >= 0.3 is 12.1 Å². The van der Waals surface area contributed by atoms with Crippen LogP contribution in [0, 0.1) is 27.9 Å². The van der Waals surface area contributed by atoms with Crippen molar-refractivity contribution in [1.29, 1.82) is 0 Å². The number of nitro benzene ring substituents is 1. The summed E-state index contributed by atoms with van der Waals surface area (Å²) < 4.78 is 18.1. The Bertz CT molecular complexity index is 2770. The number of non-ortho nitro benzene ring substituents is 1. The third-order valence-corrected chi connectivity index (χ3v) is 12.6. The van der Waals surface area contributed by atoms with Crippen LogP contribution in [0.5, 0.6) is 5.75 Å². The molecule has 6 atom stereocenters. The fourth-order valence-electron chi connectivity index (χ4n) is 9.96. The minimum absolute atomic E-state index is 0.0425. The van der Waals surface area contributed by atoms with E-state index in [1.54, 1.807) is 42.5 Å². The van der Waals surface area contributed by atoms with Crippen molar-refractivity contribution < 1.29 is 43.4 Å². The maximum absolute atomic E-state index is 16.1. The number of ether oxygens (including phenoxy) is 3. The SMILES string of the molecule is NC(=O)C1C2C(=O)OC(c3ccccc3)C(c3ccccc3)N2C(c2cccc(OCCO)c2)C12C(=O)N(C(=O)OCc1ccc([N+](=O)[O-])cc1)c1ccc(C#CC3=CCCCC3)cc12. The van der Waals surface area contributed by atoms with Crippen LogP contribution in [0.3, 0.4) is 0 Å². The highest BCUT2D eigenvalue weighted by Gasteiger charge is 2.75. The summed E-state index contributed by atoms with van der Waals surface area (Å²) in [5.74, 6) is 2.60. The molecule has 0 aromatic heterocycles. The van der Waals surface area contributed by atoms with E-state index in [1.807, 2.05) is 65.6 Å². The number of esters is 1. The highest BCUT2D eigenvalue weighted by Crippen LogP contribution is 2.66. The molecule has 3 heterocycles. The van der Waals surface area contributed by atoms with E-state index >= 15 is 4.79 Å². The number of amides is 3. The van der Waals surface area contributed by atoms with Crippen LogP contribution in [0.4, 0.5) is 16.2 Å². The molecule has 0 saturated carbocycles. The maximum Gasteiger partial charge on any atom is 0.421 e. The molecule has 3 N–H and O–H groups in total. The third-order valence-electron chi connectivity index (χ3n) is 12.6. The summed E-state index contributed by atoms with van der Waals surface area (Å²) in [6, 6.07) is 32.3. The van der Waals surface area contributed by atoms with Gasteiger partial charge in [0.2, 0.25) is 11.8 Å². The van der Waals surface area contributed by atoms with Crippen molar-refractivity contribution in [1.82, 2.24) is 4.90 Å². The van der Waals surface area contributed by atoms with Crippen molar-refractivity contribution in [2.24, 2.45) is 11.7 Å². The van der Waals surface area contributed by atoms with Crippen LogP contribution in [0.1, 0.15) is 77.3 Å². The van der Waals surface area contributed by atoms with Gasteiger partial charge in [-0.05, 0) is 102 Å². The van der Waals surface area contributed by atoms with Gasteiger partial charge in [-0.3, -0.25) is 29.4 Å². The normalized spacial score (nSPS) is 23.4. The van der Waals surface area contributed by atoms with E-state index in [9.17, 15) is 29.6 Å². The molecule has 4 aliphatic rings. The number of morpholine rings is 1. The van der Waals surface area contributed by atoms with Crippen molar-refractivity contribution in [2.45, 2.75) is 61.9 Å². The number of anilines is 1. The molecule has 65 heavy (non-hydrogen) atoms. The third kappa shape index (κ3) is 7.68. The predicted molar refractivity (Wildman–Crippen MR) is 237 cm³/mol. The van der Waals surface area contributed by atoms with Gasteiger partial charge in [0.25, 0.3) is 5.69 Å². The van der Waals surface area contributed by atoms with E-state index in [1.165, 1.54) is 24.3 Å². The predicted octanol–water partition coefficient (Wildman–Crippen LogP) is 7.31. The average Bonchev–Trinajstić information content (AvgIpc) is 3.79. The van der Waals surface area contributed by atoms with Crippen molar-refractivity contribution in [2.75, 3.05) is 18.1 Å². The summed E-state index contributed by atoms with van der Waals surface area (Å²) in [6.07, 6.45) is 3.87. The molecule has 5 aromatic carbocycles. The minimum atomic E-state index is -2.10. The smallest absolute Gasteiger partial charge is 0.421 e. The number of allylic oxidation sites excluding steroid dienone is 2. The lowest BCUT2D eigenvalue weighted by Gasteiger charge is -2.46. The number of aliphatic hydroxyl groups excluding tert-OH is 1. The van der Waals surface area contributed by atoms with Crippen molar-refractivity contribution >= 4 is 35.3 Å². The number of carbonyl (C=O) groups excluding carboxylic acids is 4. The number of aliphatic hydroxyl groups is 1. The first-order valence-electron chi connectivity index (χ1n) is 21.4. The van der Waals surface area contributed by atoms with Gasteiger partial charge in [0.1, 0.15) is 36.5 Å². The van der Waals surface area contributed by atoms with Gasteiger partial charge in [-0.25, -0.2) is 9.69 Å². The zero-order chi connectivity index (χ0) is 45.2. The quantitative estimate of drug-likeness (QED) is 0.0619. The van der Waals surface area contributed by atoms with Gasteiger partial charge < -0.3 is 25.1 Å². The summed E-state index contributed by atoms with van der Waals surface area (Å²) in [7, 11) is 0. The summed E-state index contributed by atoms with van der Waals surface area (Å²) in [5, 5.41) is 21.0. The number of primary amides is 1. The van der Waals surface area contributed by atoms with Crippen LogP contribution in [0.25, 0.3) is 0 Å². The van der Waals surface area contributed by atoms with Crippen LogP contribution in [0.15, 0.2) is 139 Å². The highest BCUT2D eigenvalue weighted by atomic mass is 16.6. The second-order valence-electron chi connectivity index (χ2n) is 16.4. The Kier molecular flexibility index (Phi) is 11.7. The van der Waals surface area contributed by atoms with E-state index in [2.05, 4.69) is 17.9 Å². The first-order chi connectivity index (χ1) is 31.6. The molecule has 1 spiro atoms. The van der Waals surface area contributed by atoms with Crippen molar-refractivity contribution in [3.63, 3.8) is 0 Å². The highest BCUT2D eigenvalue weighted by molar-refractivity contribution is 6.23. The van der Waals surface area contributed by atoms with Crippen molar-refractivity contribution in [3.8, 4) is 17.6 Å². The first kappa shape index (κ1) is 42.7. The second-order valence-corrected chi connectivity index (χ2v) is 16.4. The zero-order valence-corrected chi connectivity index (χ0v) is 35.1. The summed E-state index contributed by atoms with van der Waals surface area (Å²) in [5.41, 5.74) is 8.25. The Morgan fingerprint density at radius 3 is 2.26 bits per heavy atom. The van der Waals surface area contributed by atoms with E-state index in [0.717, 1.165) is 36.2 Å². The van der Waals surface area contributed by atoms with Crippen LogP contribution < -0.4 is 15.4 Å². The number of benzene rings is 5. The van der Waals surface area contributed by atoms with Gasteiger partial charge in [0.15, 0.2) is 0 Å². The number of rotatable bonds is 10. The monoisotopic (exact) mass is 872 g/mol. The average molecular weight is 873 g/mol. The van der Waals surface area contributed by atoms with Crippen LogP contribution in [-0.2, 0) is 35.9 Å². The van der Waals surface area contributed by atoms with Crippen LogP contribution >= 0.6 is 0 Å². The lowest BCUT2D eigenvalue weighted by atomic mass is 9.65. The molecule has 2 saturated heterocycles. The Hall–Kier alpha value is -7.60. The number of hydrogen-bond acceptors (Lipinski definition) is 11. The molecular weight excluding hydrogens is 829 g/mol. The zero-order valence-electron chi connectivity index (χ0n) is 35.1. The molecule has 14 nitrogen and oxygen atoms in total. The molecule has 2 fully saturated rings. The largest absolute Gasteiger partial charge is 0.491 e. The van der Waals surface area contributed by atoms with Gasteiger partial charge in [-0.15, -0.1) is 0 Å². The van der Waals surface area contributed by atoms with Crippen LogP contribution in [-0.4, -0.2) is 58.1 Å². The molecule has 6 unspecified atom stereocenters. The second kappa shape index (κ2) is 17.9. The van der Waals surface area contributed by atoms with E-state index in [0.29, 0.717) is 33.6 Å². The number of imide groups is 1. The van der Waals surface area contributed by atoms with Crippen molar-refractivity contribution in [3.05, 3.63) is 183 Å². The molecule has 0 radical (unpaired) electrons. The fraction of sp³-hybridized carbons (Fsp3) is 0.255. The summed E-state index contributed by atoms with van der Waals surface area (Å²) >= 11 is 0. The topological polar surface area (TPSA) is 192 Å². The molecule has 328 valence electrons. The number of nitrogens with zero attached hydrogens (tertiary/aromatic N) is 3. The Labute approximate surface area is 374 Å². The standard InChI is InChI=1S/C51H44N4O10/c52-47(57)42-44-48(58)65-45(36-15-8-3-9-16-36)43(35-13-6-2-7-14-35)54(44)46(37-17-10-18-39(30-37)63-28-27-56)51(42)40-29-33(20-19-32-11-4-1-5-12-32)23-26-41(40)53(49(51)59)50(60)64-31-34-21-24-38(25-22-34)55(61)62/h2-3,6-11,13-18,21-26,29-30,42-46,56H,1,4-5,12,27-28,31H2,(H2,52,57). The molecule has 14 heteroatoms. The Morgan fingerprint density at radius 2 is 1.58 bits per heavy atom. The van der Waals surface area contributed by atoms with E-state index in [4.69, 9.17) is 19.9 Å². The lowest BCUT2D eigenvalue weighted by Crippen LogP contribution is -2.55. The Morgan fingerprint density at radius 1 is 0.862 bits per heavy atom. The molecule has 3 aliphatic heterocycles. The van der Waals surface area contributed by atoms with Gasteiger partial charge in [0.05, 0.1) is 35.2 Å². The number of nitrogens with two attached hydrogens (primary N) is 1. The molecule has 5 aromatic rings. The minimum Gasteiger partial charge on any atom is -0.491 e. The molecule has 3 amide bonds. The van der Waals surface area contributed by atoms with E-state index in [-0.39, 0.29) is 36.8 Å². The lowest BCUT2D eigenvalue weighted by molar-refractivity contribution is -0.384. The van der Waals surface area contributed by atoms with E-state index < -0.39 is 64.4 Å². The maximum atomic E-state index is 16.1. The number of cyclic esters (lactones) is 1. The number of fused-ring (bicyclic) bond motifs is 3. The van der Waals surface area contributed by atoms with Gasteiger partial charge in [-0.1, -0.05) is 90.7 Å². The van der Waals surface area contributed by atoms with Gasteiger partial charge in [0, 0.05) is 17.7 Å². The fourth-order valence-corrected chi connectivity index (χ4v) is 9.96. The molecule has 9 rings (SSSR count). The van der Waals surface area contributed by atoms with Crippen LogP contribution in [0.2, 0.25) is 0 Å². The summed E-state index contributed by atoms with van der Waals surface area (Å²) in [6.45, 7) is -0.677. The number of carbonyl (C=O) groups is 4. The molecular formula is C51H44N4O10. The summed E-state index contributed by atoms with van der Waals surface area (Å²) in [4.78, 5) is 73.7. The first-order valence-corrected chi connectivity index (χ1v) is 21.4. The number of nitro groups is 1. The molecule has 1 aliphatic carbocycles. The number of hydrogen-bond donors (Lipinski definition) is 2. The van der Waals surface area contributed by atoms with Gasteiger partial charge in [-0.2, -0.15) is 0 Å². The molecule has 0 bridgehead atoms. The Balaban J connectivity index is 1.29.